The highest BCUT2D eigenvalue weighted by Crippen LogP contribution is 2.39. The summed E-state index contributed by atoms with van der Waals surface area (Å²) < 4.78 is 31.8. The number of anilines is 1. The Kier molecular flexibility index (Phi) is 4.58. The number of para-hydroxylation sites is 1. The smallest absolute Gasteiger partial charge is 0.229 e. The molecule has 2 aliphatic rings. The largest absolute Gasteiger partial charge is 0.489 e. The second kappa shape index (κ2) is 6.89. The molecule has 1 aromatic heterocycles. The van der Waals surface area contributed by atoms with Crippen molar-refractivity contribution in [2.24, 2.45) is 11.8 Å². The van der Waals surface area contributed by atoms with Crippen molar-refractivity contribution in [3.05, 3.63) is 42.7 Å². The van der Waals surface area contributed by atoms with E-state index in [9.17, 15) is 8.42 Å². The maximum Gasteiger partial charge on any atom is 0.229 e. The summed E-state index contributed by atoms with van der Waals surface area (Å²) in [4.78, 5) is 4.18. The second-order valence-electron chi connectivity index (χ2n) is 7.24. The number of sulfonamides is 1. The predicted molar refractivity (Wildman–Crippen MR) is 102 cm³/mol. The fourth-order valence-corrected chi connectivity index (χ4v) is 4.56. The average Bonchev–Trinajstić information content (AvgIpc) is 2.87. The zero-order valence-corrected chi connectivity index (χ0v) is 15.5. The lowest BCUT2D eigenvalue weighted by molar-refractivity contribution is 0.161. The van der Waals surface area contributed by atoms with Gasteiger partial charge in [-0.05, 0) is 37.4 Å². The van der Waals surface area contributed by atoms with Gasteiger partial charge in [-0.25, -0.2) is 8.42 Å². The van der Waals surface area contributed by atoms with Crippen molar-refractivity contribution in [1.82, 2.24) is 10.3 Å². The van der Waals surface area contributed by atoms with Crippen LogP contribution >= 0.6 is 0 Å². The van der Waals surface area contributed by atoms with Gasteiger partial charge in [0.15, 0.2) is 0 Å². The summed E-state index contributed by atoms with van der Waals surface area (Å²) in [5.41, 5.74) is 2.20. The van der Waals surface area contributed by atoms with Gasteiger partial charge in [0.2, 0.25) is 10.0 Å². The number of piperidine rings is 1. The van der Waals surface area contributed by atoms with Gasteiger partial charge in [-0.15, -0.1) is 0 Å². The van der Waals surface area contributed by atoms with Crippen LogP contribution in [0.25, 0.3) is 11.1 Å². The number of rotatable bonds is 5. The SMILES string of the molecule is CS(=O)(=O)Nc1cncc(-c2ccccc2O[C@@H]2C[C@@H]3CNC[C@@H]2C3)c1. The van der Waals surface area contributed by atoms with E-state index >= 15 is 0 Å². The van der Waals surface area contributed by atoms with E-state index in [1.807, 2.05) is 24.3 Å². The van der Waals surface area contributed by atoms with E-state index in [-0.39, 0.29) is 6.10 Å². The fraction of sp³-hybridized carbons (Fsp3) is 0.421. The van der Waals surface area contributed by atoms with E-state index in [1.54, 1.807) is 12.3 Å². The third-order valence-electron chi connectivity index (χ3n) is 5.08. The molecule has 1 aliphatic carbocycles. The van der Waals surface area contributed by atoms with Gasteiger partial charge in [0.05, 0.1) is 18.1 Å². The molecule has 0 radical (unpaired) electrons. The Bertz CT molecular complexity index is 900. The van der Waals surface area contributed by atoms with Crippen molar-refractivity contribution in [3.63, 3.8) is 0 Å². The van der Waals surface area contributed by atoms with Crippen LogP contribution in [-0.2, 0) is 10.0 Å². The quantitative estimate of drug-likeness (QED) is 0.842. The molecule has 138 valence electrons. The van der Waals surface area contributed by atoms with Crippen LogP contribution in [0, 0.1) is 11.8 Å². The van der Waals surface area contributed by atoms with Crippen LogP contribution in [0.15, 0.2) is 42.7 Å². The lowest BCUT2D eigenvalue weighted by atomic mass is 10.0. The zero-order chi connectivity index (χ0) is 18.1. The molecule has 2 aromatic rings. The predicted octanol–water partition coefficient (Wildman–Crippen LogP) is 2.50. The molecule has 0 unspecified atom stereocenters. The Balaban J connectivity index is 1.61. The number of benzene rings is 1. The van der Waals surface area contributed by atoms with Gasteiger partial charge in [-0.3, -0.25) is 9.71 Å². The molecule has 2 N–H and O–H groups in total. The Morgan fingerprint density at radius 1 is 1.19 bits per heavy atom. The topological polar surface area (TPSA) is 80.3 Å². The van der Waals surface area contributed by atoms with Crippen molar-refractivity contribution >= 4 is 15.7 Å². The molecule has 2 bridgehead atoms. The fourth-order valence-electron chi connectivity index (χ4n) is 4.02. The molecule has 0 spiro atoms. The van der Waals surface area contributed by atoms with Crippen LogP contribution in [-0.4, -0.2) is 38.9 Å². The number of pyridine rings is 1. The molecule has 26 heavy (non-hydrogen) atoms. The molecular weight excluding hydrogens is 350 g/mol. The Morgan fingerprint density at radius 2 is 2.04 bits per heavy atom. The number of ether oxygens (including phenoxy) is 1. The third kappa shape index (κ3) is 3.83. The van der Waals surface area contributed by atoms with Crippen LogP contribution in [0.3, 0.4) is 0 Å². The van der Waals surface area contributed by atoms with Crippen molar-refractivity contribution in [2.45, 2.75) is 18.9 Å². The normalized spacial score (nSPS) is 25.0. The first-order valence-electron chi connectivity index (χ1n) is 8.87. The van der Waals surface area contributed by atoms with Gasteiger partial charge in [-0.1, -0.05) is 18.2 Å². The first kappa shape index (κ1) is 17.3. The van der Waals surface area contributed by atoms with Crippen molar-refractivity contribution in [3.8, 4) is 16.9 Å². The number of aromatic nitrogens is 1. The maximum atomic E-state index is 11.5. The molecule has 2 fully saturated rings. The van der Waals surface area contributed by atoms with Gasteiger partial charge in [0, 0.05) is 29.8 Å². The highest BCUT2D eigenvalue weighted by Gasteiger charge is 2.38. The minimum absolute atomic E-state index is 0.224. The van der Waals surface area contributed by atoms with E-state index in [0.29, 0.717) is 17.5 Å². The number of hydrogen-bond donors (Lipinski definition) is 2. The highest BCUT2D eigenvalue weighted by atomic mass is 32.2. The standard InChI is InChI=1S/C19H23N3O3S/c1-26(23,24)22-16-8-14(10-21-12-16)17-4-2-3-5-18(17)25-19-7-13-6-15(19)11-20-9-13/h2-5,8,10,12-13,15,19-20,22H,6-7,9,11H2,1H3/t13-,15+,19-/m1/s1. The van der Waals surface area contributed by atoms with E-state index in [0.717, 1.165) is 42.6 Å². The van der Waals surface area contributed by atoms with Crippen LogP contribution in [0.5, 0.6) is 5.75 Å². The summed E-state index contributed by atoms with van der Waals surface area (Å²) in [6, 6.07) is 9.65. The molecule has 1 aromatic carbocycles. The lowest BCUT2D eigenvalue weighted by Gasteiger charge is -2.23. The summed E-state index contributed by atoms with van der Waals surface area (Å²) in [7, 11) is -3.34. The van der Waals surface area contributed by atoms with Crippen LogP contribution in [0.2, 0.25) is 0 Å². The van der Waals surface area contributed by atoms with Gasteiger partial charge in [0.25, 0.3) is 0 Å². The van der Waals surface area contributed by atoms with Crippen LogP contribution in [0.1, 0.15) is 12.8 Å². The number of hydrogen-bond acceptors (Lipinski definition) is 5. The summed E-state index contributed by atoms with van der Waals surface area (Å²) >= 11 is 0. The Hall–Kier alpha value is -2.12. The molecule has 7 heteroatoms. The zero-order valence-electron chi connectivity index (χ0n) is 14.7. The molecule has 1 aliphatic heterocycles. The van der Waals surface area contributed by atoms with Gasteiger partial charge < -0.3 is 10.1 Å². The lowest BCUT2D eigenvalue weighted by Crippen LogP contribution is -2.34. The summed E-state index contributed by atoms with van der Waals surface area (Å²) in [5.74, 6) is 2.08. The summed E-state index contributed by atoms with van der Waals surface area (Å²) in [5, 5.41) is 3.48. The van der Waals surface area contributed by atoms with Gasteiger partial charge >= 0.3 is 0 Å². The van der Waals surface area contributed by atoms with Crippen molar-refractivity contribution in [1.29, 1.82) is 0 Å². The summed E-state index contributed by atoms with van der Waals surface area (Å²) in [6.45, 7) is 2.10. The molecule has 1 saturated heterocycles. The molecule has 4 rings (SSSR count). The number of fused-ring (bicyclic) bond motifs is 2. The van der Waals surface area contributed by atoms with Crippen molar-refractivity contribution < 1.29 is 13.2 Å². The number of nitrogens with one attached hydrogen (secondary N) is 2. The molecule has 6 nitrogen and oxygen atoms in total. The van der Waals surface area contributed by atoms with E-state index in [1.165, 1.54) is 12.6 Å². The van der Waals surface area contributed by atoms with Gasteiger partial charge in [0.1, 0.15) is 11.9 Å². The van der Waals surface area contributed by atoms with E-state index in [2.05, 4.69) is 15.0 Å². The maximum absolute atomic E-state index is 11.5. The van der Waals surface area contributed by atoms with Crippen LogP contribution < -0.4 is 14.8 Å². The van der Waals surface area contributed by atoms with Crippen molar-refractivity contribution in [2.75, 3.05) is 24.1 Å². The molecule has 1 saturated carbocycles. The third-order valence-corrected chi connectivity index (χ3v) is 5.69. The Morgan fingerprint density at radius 3 is 2.85 bits per heavy atom. The molecule has 3 atom stereocenters. The second-order valence-corrected chi connectivity index (χ2v) is 8.99. The average molecular weight is 373 g/mol. The number of nitrogens with zero attached hydrogens (tertiary/aromatic N) is 1. The van der Waals surface area contributed by atoms with Crippen LogP contribution in [0.4, 0.5) is 5.69 Å². The first-order valence-corrected chi connectivity index (χ1v) is 10.8. The first-order chi connectivity index (χ1) is 12.5. The molecular formula is C19H23N3O3S. The minimum Gasteiger partial charge on any atom is -0.489 e. The Labute approximate surface area is 154 Å². The molecule has 0 amide bonds. The van der Waals surface area contributed by atoms with E-state index in [4.69, 9.17) is 4.74 Å². The van der Waals surface area contributed by atoms with Gasteiger partial charge in [-0.2, -0.15) is 0 Å². The molecule has 2 heterocycles. The summed E-state index contributed by atoms with van der Waals surface area (Å²) in [6.07, 6.45) is 6.89. The minimum atomic E-state index is -3.34. The highest BCUT2D eigenvalue weighted by molar-refractivity contribution is 7.92. The monoisotopic (exact) mass is 373 g/mol. The van der Waals surface area contributed by atoms with E-state index < -0.39 is 10.0 Å².